The minimum Gasteiger partial charge on any atom is -0.495 e. The van der Waals surface area contributed by atoms with E-state index in [4.69, 9.17) is 26.4 Å². The first-order valence-corrected chi connectivity index (χ1v) is 12.2. The molecule has 1 saturated heterocycles. The summed E-state index contributed by atoms with van der Waals surface area (Å²) in [6, 6.07) is 21.9. The van der Waals surface area contributed by atoms with Gasteiger partial charge >= 0.3 is 0 Å². The van der Waals surface area contributed by atoms with Crippen molar-refractivity contribution in [1.82, 2.24) is 14.9 Å². The number of para-hydroxylation sites is 2. The molecule has 1 N–H and O–H groups in total. The largest absolute Gasteiger partial charge is 0.495 e. The van der Waals surface area contributed by atoms with Crippen LogP contribution in [0.2, 0.25) is 0 Å². The van der Waals surface area contributed by atoms with E-state index in [0.29, 0.717) is 5.11 Å². The number of pyridine rings is 1. The Morgan fingerprint density at radius 3 is 2.61 bits per heavy atom. The van der Waals surface area contributed by atoms with E-state index in [1.54, 1.807) is 7.11 Å². The van der Waals surface area contributed by atoms with Gasteiger partial charge in [-0.1, -0.05) is 18.2 Å². The van der Waals surface area contributed by atoms with E-state index < -0.39 is 0 Å². The lowest BCUT2D eigenvalue weighted by atomic mass is 9.96. The van der Waals surface area contributed by atoms with Gasteiger partial charge in [0.2, 0.25) is 6.79 Å². The Morgan fingerprint density at radius 1 is 1.00 bits per heavy atom. The van der Waals surface area contributed by atoms with Crippen molar-refractivity contribution in [3.63, 3.8) is 0 Å². The summed E-state index contributed by atoms with van der Waals surface area (Å²) in [5.74, 6) is 2.29. The van der Waals surface area contributed by atoms with Crippen LogP contribution in [0.3, 0.4) is 0 Å². The molecule has 0 radical (unpaired) electrons. The number of nitrogens with zero attached hydrogens (tertiary/aromatic N) is 3. The van der Waals surface area contributed by atoms with E-state index in [1.165, 1.54) is 0 Å². The smallest absolute Gasteiger partial charge is 0.231 e. The number of aryl methyl sites for hydroxylation is 1. The minimum atomic E-state index is -0.144. The number of benzene rings is 2. The maximum Gasteiger partial charge on any atom is 0.231 e. The Kier molecular flexibility index (Phi) is 5.53. The molecule has 7 nitrogen and oxygen atoms in total. The van der Waals surface area contributed by atoms with Gasteiger partial charge < -0.3 is 29.0 Å². The number of methoxy groups -OCH3 is 1. The summed E-state index contributed by atoms with van der Waals surface area (Å²) in [6.45, 7) is 4.51. The quantitative estimate of drug-likeness (QED) is 0.370. The van der Waals surface area contributed by atoms with Crippen LogP contribution in [0.5, 0.6) is 17.2 Å². The number of aromatic nitrogens is 2. The number of hydrogen-bond acceptors (Lipinski definition) is 5. The predicted octanol–water partition coefficient (Wildman–Crippen LogP) is 5.40. The van der Waals surface area contributed by atoms with Gasteiger partial charge in [-0.2, -0.15) is 0 Å². The lowest BCUT2D eigenvalue weighted by Crippen LogP contribution is -2.30. The van der Waals surface area contributed by atoms with Gasteiger partial charge in [0.15, 0.2) is 16.6 Å². The Hall–Kier alpha value is -4.04. The molecule has 36 heavy (non-hydrogen) atoms. The van der Waals surface area contributed by atoms with Crippen molar-refractivity contribution >= 4 is 23.0 Å². The highest BCUT2D eigenvalue weighted by Crippen LogP contribution is 2.46. The summed E-state index contributed by atoms with van der Waals surface area (Å²) in [7, 11) is 1.68. The molecule has 2 aliphatic heterocycles. The van der Waals surface area contributed by atoms with Crippen molar-refractivity contribution < 1.29 is 14.2 Å². The normalized spacial score (nSPS) is 18.4. The third kappa shape index (κ3) is 3.56. The Balaban J connectivity index is 1.52. The monoisotopic (exact) mass is 498 g/mol. The predicted molar refractivity (Wildman–Crippen MR) is 142 cm³/mol. The summed E-state index contributed by atoms with van der Waals surface area (Å²) in [5.41, 5.74) is 6.23. The van der Waals surface area contributed by atoms with Crippen molar-refractivity contribution in [3.05, 3.63) is 95.6 Å². The molecule has 0 bridgehead atoms. The second-order valence-corrected chi connectivity index (χ2v) is 9.25. The van der Waals surface area contributed by atoms with E-state index in [-0.39, 0.29) is 18.9 Å². The molecule has 1 fully saturated rings. The maximum absolute atomic E-state index is 5.91. The van der Waals surface area contributed by atoms with Gasteiger partial charge in [-0.15, -0.1) is 0 Å². The number of hydrogen-bond donors (Lipinski definition) is 1. The number of anilines is 1. The molecule has 6 rings (SSSR count). The number of nitrogens with one attached hydrogen (secondary N) is 1. The highest BCUT2D eigenvalue weighted by Gasteiger charge is 2.43. The minimum absolute atomic E-state index is 0.141. The molecule has 2 aliphatic rings. The number of ether oxygens (including phenoxy) is 3. The van der Waals surface area contributed by atoms with Crippen molar-refractivity contribution in [1.29, 1.82) is 0 Å². The van der Waals surface area contributed by atoms with Gasteiger partial charge in [-0.25, -0.2) is 0 Å². The van der Waals surface area contributed by atoms with Crippen LogP contribution < -0.4 is 24.4 Å². The van der Waals surface area contributed by atoms with Crippen LogP contribution in [0.4, 0.5) is 5.69 Å². The van der Waals surface area contributed by atoms with Crippen LogP contribution in [0, 0.1) is 13.8 Å². The highest BCUT2D eigenvalue weighted by molar-refractivity contribution is 7.80. The fraction of sp³-hybridized carbons (Fsp3) is 0.214. The van der Waals surface area contributed by atoms with Crippen molar-refractivity contribution in [2.45, 2.75) is 25.9 Å². The highest BCUT2D eigenvalue weighted by atomic mass is 32.1. The van der Waals surface area contributed by atoms with Crippen LogP contribution in [-0.2, 0) is 0 Å². The van der Waals surface area contributed by atoms with Crippen LogP contribution in [-0.4, -0.2) is 28.6 Å². The summed E-state index contributed by atoms with van der Waals surface area (Å²) in [4.78, 5) is 6.83. The van der Waals surface area contributed by atoms with E-state index in [0.717, 1.165) is 51.3 Å². The topological polar surface area (TPSA) is 60.8 Å². The molecule has 4 aromatic rings. The molecule has 0 unspecified atom stereocenters. The van der Waals surface area contributed by atoms with Gasteiger partial charge in [0.25, 0.3) is 0 Å². The average molecular weight is 499 g/mol. The standard InChI is InChI=1S/C28H26N4O3S/c1-17-14-20(18(2)31(17)19-11-12-24-25(15-19)35-16-34-24)27-26(21-8-6-7-13-29-21)30-28(36)32(27)22-9-4-5-10-23(22)33-3/h4-15,26-27H,16H2,1-3H3,(H,30,36)/t26-,27+/m0/s1. The molecule has 2 aromatic heterocycles. The molecule has 2 atom stereocenters. The number of rotatable bonds is 5. The summed E-state index contributed by atoms with van der Waals surface area (Å²) < 4.78 is 19.1. The van der Waals surface area contributed by atoms with E-state index in [9.17, 15) is 0 Å². The molecule has 0 saturated carbocycles. The zero-order valence-corrected chi connectivity index (χ0v) is 21.1. The Bertz CT molecular complexity index is 1450. The fourth-order valence-corrected chi connectivity index (χ4v) is 5.61. The second-order valence-electron chi connectivity index (χ2n) is 8.87. The molecule has 182 valence electrons. The lowest BCUT2D eigenvalue weighted by Gasteiger charge is -2.29. The second kappa shape index (κ2) is 8.87. The number of fused-ring (bicyclic) bond motifs is 1. The third-order valence-electron chi connectivity index (χ3n) is 6.85. The zero-order chi connectivity index (χ0) is 24.8. The average Bonchev–Trinajstić information content (AvgIpc) is 3.59. The third-order valence-corrected chi connectivity index (χ3v) is 7.16. The van der Waals surface area contributed by atoms with Crippen LogP contribution in [0.15, 0.2) is 72.9 Å². The first-order chi connectivity index (χ1) is 17.6. The van der Waals surface area contributed by atoms with E-state index in [1.807, 2.05) is 60.8 Å². The van der Waals surface area contributed by atoms with Crippen LogP contribution in [0.1, 0.15) is 34.7 Å². The van der Waals surface area contributed by atoms with Crippen molar-refractivity contribution in [3.8, 4) is 22.9 Å². The lowest BCUT2D eigenvalue weighted by molar-refractivity contribution is 0.174. The van der Waals surface area contributed by atoms with Crippen molar-refractivity contribution in [2.24, 2.45) is 0 Å². The van der Waals surface area contributed by atoms with Gasteiger partial charge in [0, 0.05) is 29.3 Å². The summed E-state index contributed by atoms with van der Waals surface area (Å²) in [5, 5.41) is 4.17. The van der Waals surface area contributed by atoms with Crippen molar-refractivity contribution in [2.75, 3.05) is 18.8 Å². The number of thiocarbonyl (C=S) groups is 1. The Morgan fingerprint density at radius 2 is 1.81 bits per heavy atom. The fourth-order valence-electron chi connectivity index (χ4n) is 5.27. The maximum atomic E-state index is 5.91. The summed E-state index contributed by atoms with van der Waals surface area (Å²) in [6.07, 6.45) is 1.82. The molecular formula is C28H26N4O3S. The van der Waals surface area contributed by atoms with Gasteiger partial charge in [0.1, 0.15) is 5.75 Å². The van der Waals surface area contributed by atoms with Crippen LogP contribution in [0.25, 0.3) is 5.69 Å². The zero-order valence-electron chi connectivity index (χ0n) is 20.3. The van der Waals surface area contributed by atoms with Crippen LogP contribution >= 0.6 is 12.2 Å². The van der Waals surface area contributed by atoms with Gasteiger partial charge in [-0.05, 0) is 74.1 Å². The molecule has 0 amide bonds. The first-order valence-electron chi connectivity index (χ1n) is 11.8. The van der Waals surface area contributed by atoms with E-state index in [2.05, 4.69) is 45.7 Å². The summed E-state index contributed by atoms with van der Waals surface area (Å²) >= 11 is 5.91. The molecule has 8 heteroatoms. The molecular weight excluding hydrogens is 472 g/mol. The molecule has 2 aromatic carbocycles. The van der Waals surface area contributed by atoms with Gasteiger partial charge in [0.05, 0.1) is 30.6 Å². The molecule has 4 heterocycles. The van der Waals surface area contributed by atoms with Gasteiger partial charge in [-0.3, -0.25) is 4.98 Å². The molecule has 0 aliphatic carbocycles. The Labute approximate surface area is 215 Å². The SMILES string of the molecule is COc1ccccc1N1C(=S)N[C@@H](c2ccccn2)[C@H]1c1cc(C)n(-c2ccc3c(c2)OCO3)c1C. The molecule has 0 spiro atoms. The first kappa shape index (κ1) is 22.4. The van der Waals surface area contributed by atoms with E-state index >= 15 is 0 Å².